The van der Waals surface area contributed by atoms with Gasteiger partial charge >= 0.3 is 0 Å². The Kier molecular flexibility index (Phi) is 9.94. The molecular weight excluding hydrogens is 464 g/mol. The highest BCUT2D eigenvalue weighted by Gasteiger charge is 2.51. The largest absolute Gasteiger partial charge is 0.393 e. The van der Waals surface area contributed by atoms with E-state index in [1.54, 1.807) is 13.8 Å². The number of hydrogen-bond acceptors (Lipinski definition) is 5. The molecule has 0 heterocycles. The molecule has 0 aromatic heterocycles. The van der Waals surface area contributed by atoms with Crippen LogP contribution in [0.15, 0.2) is 35.5 Å². The lowest BCUT2D eigenvalue weighted by Crippen LogP contribution is -2.39. The van der Waals surface area contributed by atoms with Gasteiger partial charge in [0.25, 0.3) is 0 Å². The van der Waals surface area contributed by atoms with Gasteiger partial charge < -0.3 is 25.5 Å². The molecule has 0 aliphatic heterocycles. The van der Waals surface area contributed by atoms with Crippen LogP contribution in [0.1, 0.15) is 112 Å². The van der Waals surface area contributed by atoms with Crippen molar-refractivity contribution in [3.05, 3.63) is 35.5 Å². The fourth-order valence-electron chi connectivity index (χ4n) is 7.59. The van der Waals surface area contributed by atoms with Crippen molar-refractivity contribution in [1.82, 2.24) is 0 Å². The summed E-state index contributed by atoms with van der Waals surface area (Å²) >= 11 is 0. The predicted octanol–water partition coefficient (Wildman–Crippen LogP) is 5.60. The minimum absolute atomic E-state index is 0.199. The first-order valence-electron chi connectivity index (χ1n) is 14.7. The quantitative estimate of drug-likeness (QED) is 0.259. The Bertz CT molecular complexity index is 844. The van der Waals surface area contributed by atoms with Crippen molar-refractivity contribution < 1.29 is 25.5 Å². The van der Waals surface area contributed by atoms with Crippen LogP contribution in [0.2, 0.25) is 0 Å². The van der Waals surface area contributed by atoms with Crippen LogP contribution in [0.4, 0.5) is 0 Å². The molecule has 0 amide bonds. The van der Waals surface area contributed by atoms with Crippen LogP contribution in [0, 0.1) is 23.2 Å². The van der Waals surface area contributed by atoms with E-state index >= 15 is 0 Å². The number of aliphatic hydroxyl groups is 5. The van der Waals surface area contributed by atoms with Crippen LogP contribution in [-0.4, -0.2) is 55.0 Å². The highest BCUT2D eigenvalue weighted by atomic mass is 16.3. The Morgan fingerprint density at radius 1 is 1.05 bits per heavy atom. The zero-order chi connectivity index (χ0) is 27.6. The number of allylic oxidation sites excluding steroid dienone is 3. The highest BCUT2D eigenvalue weighted by molar-refractivity contribution is 5.38. The van der Waals surface area contributed by atoms with Gasteiger partial charge in [-0.25, -0.2) is 0 Å². The Labute approximate surface area is 225 Å². The van der Waals surface area contributed by atoms with Gasteiger partial charge in [0.05, 0.1) is 29.5 Å². The van der Waals surface area contributed by atoms with Crippen LogP contribution < -0.4 is 0 Å². The van der Waals surface area contributed by atoms with Gasteiger partial charge in [-0.05, 0) is 120 Å². The second-order valence-electron chi connectivity index (χ2n) is 13.9. The maximum atomic E-state index is 10.6. The van der Waals surface area contributed by atoms with E-state index in [4.69, 9.17) is 0 Å². The van der Waals surface area contributed by atoms with Crippen LogP contribution >= 0.6 is 0 Å². The maximum Gasteiger partial charge on any atom is 0.0849 e. The van der Waals surface area contributed by atoms with Crippen molar-refractivity contribution in [2.75, 3.05) is 0 Å². The second-order valence-corrected chi connectivity index (χ2v) is 13.9. The summed E-state index contributed by atoms with van der Waals surface area (Å²) in [6.45, 7) is 13.7. The van der Waals surface area contributed by atoms with Gasteiger partial charge in [0.2, 0.25) is 0 Å². The normalized spacial score (nSPS) is 35.1. The lowest BCUT2D eigenvalue weighted by Gasteiger charge is -2.45. The molecule has 37 heavy (non-hydrogen) atoms. The third kappa shape index (κ3) is 7.79. The lowest BCUT2D eigenvalue weighted by molar-refractivity contribution is -0.0563. The average molecular weight is 519 g/mol. The first-order chi connectivity index (χ1) is 17.1. The van der Waals surface area contributed by atoms with E-state index in [2.05, 4.69) is 25.7 Å². The minimum Gasteiger partial charge on any atom is -0.393 e. The van der Waals surface area contributed by atoms with E-state index in [9.17, 15) is 25.5 Å². The van der Waals surface area contributed by atoms with Crippen LogP contribution in [0.5, 0.6) is 0 Å². The molecule has 3 rings (SSSR count). The van der Waals surface area contributed by atoms with Crippen LogP contribution in [0.3, 0.4) is 0 Å². The zero-order valence-electron chi connectivity index (χ0n) is 24.0. The van der Waals surface area contributed by atoms with E-state index in [-0.39, 0.29) is 5.41 Å². The standard InChI is InChI=1S/C32H54O5/c1-21-24(19-25(33)20-28(21)34)12-11-22-10-8-18-32(6)26(22)14-15-27(32)23(9-7-17-30(2,3)36)13-16-29(35)31(4,5)37/h11-12,23,25-29,33-37H,1,7-10,13-20H2,2-6H3/b22-11+,24-12-/t23-,25-,26+,27-,28+,29-,32+/m1/s1. The van der Waals surface area contributed by atoms with Crippen molar-refractivity contribution >= 4 is 0 Å². The first kappa shape index (κ1) is 30.6. The average Bonchev–Trinajstić information content (AvgIpc) is 3.13. The van der Waals surface area contributed by atoms with Gasteiger partial charge in [0, 0.05) is 6.42 Å². The molecule has 0 aromatic carbocycles. The summed E-state index contributed by atoms with van der Waals surface area (Å²) in [7, 11) is 0. The van der Waals surface area contributed by atoms with Gasteiger partial charge in [-0.2, -0.15) is 0 Å². The summed E-state index contributed by atoms with van der Waals surface area (Å²) in [5, 5.41) is 51.5. The molecule has 3 aliphatic rings. The molecule has 5 N–H and O–H groups in total. The zero-order valence-corrected chi connectivity index (χ0v) is 24.0. The van der Waals surface area contributed by atoms with Crippen molar-refractivity contribution in [3.8, 4) is 0 Å². The molecule has 3 fully saturated rings. The molecule has 212 valence electrons. The fourth-order valence-corrected chi connectivity index (χ4v) is 7.59. The molecule has 0 bridgehead atoms. The topological polar surface area (TPSA) is 101 Å². The Balaban J connectivity index is 1.79. The van der Waals surface area contributed by atoms with E-state index < -0.39 is 29.5 Å². The number of rotatable bonds is 10. The SMILES string of the molecule is C=C1/C(=C\C=C2/CCC[C@]3(C)[C@@H]([C@H](CCCC(C)(C)O)CC[C@@H](O)C(C)(C)O)CC[C@@H]23)C[C@@H](O)C[C@@H]1O. The van der Waals surface area contributed by atoms with Gasteiger partial charge in [-0.15, -0.1) is 0 Å². The number of fused-ring (bicyclic) bond motifs is 1. The molecule has 5 nitrogen and oxygen atoms in total. The Morgan fingerprint density at radius 3 is 2.41 bits per heavy atom. The summed E-state index contributed by atoms with van der Waals surface area (Å²) in [6.07, 6.45) is 13.4. The smallest absolute Gasteiger partial charge is 0.0849 e. The lowest BCUT2D eigenvalue weighted by atomic mass is 9.60. The highest BCUT2D eigenvalue weighted by Crippen LogP contribution is 2.60. The predicted molar refractivity (Wildman–Crippen MR) is 150 cm³/mol. The first-order valence-corrected chi connectivity index (χ1v) is 14.7. The minimum atomic E-state index is -1.10. The third-order valence-corrected chi connectivity index (χ3v) is 9.86. The van der Waals surface area contributed by atoms with Crippen molar-refractivity contribution in [2.24, 2.45) is 23.2 Å². The molecule has 0 aromatic rings. The third-order valence-electron chi connectivity index (χ3n) is 9.86. The van der Waals surface area contributed by atoms with Gasteiger partial charge in [-0.1, -0.05) is 44.1 Å². The molecule has 5 heteroatoms. The number of aliphatic hydroxyl groups excluding tert-OH is 3. The summed E-state index contributed by atoms with van der Waals surface area (Å²) in [5.41, 5.74) is 1.62. The Hall–Kier alpha value is -0.980. The van der Waals surface area contributed by atoms with Crippen LogP contribution in [-0.2, 0) is 0 Å². The molecule has 0 unspecified atom stereocenters. The Morgan fingerprint density at radius 2 is 1.76 bits per heavy atom. The molecule has 3 saturated carbocycles. The van der Waals surface area contributed by atoms with E-state index in [1.165, 1.54) is 24.8 Å². The summed E-state index contributed by atoms with van der Waals surface area (Å²) in [4.78, 5) is 0. The van der Waals surface area contributed by atoms with E-state index in [0.717, 1.165) is 49.7 Å². The number of hydrogen-bond donors (Lipinski definition) is 5. The fraction of sp³-hybridized carbons (Fsp3) is 0.812. The summed E-state index contributed by atoms with van der Waals surface area (Å²) in [5.74, 6) is 1.53. The van der Waals surface area contributed by atoms with Gasteiger partial charge in [-0.3, -0.25) is 0 Å². The molecule has 0 saturated heterocycles. The van der Waals surface area contributed by atoms with Crippen LogP contribution in [0.25, 0.3) is 0 Å². The summed E-state index contributed by atoms with van der Waals surface area (Å²) in [6, 6.07) is 0. The second kappa shape index (κ2) is 12.0. The van der Waals surface area contributed by atoms with Gasteiger partial charge in [0.15, 0.2) is 0 Å². The molecule has 0 spiro atoms. The van der Waals surface area contributed by atoms with E-state index in [1.807, 2.05) is 13.8 Å². The molecular formula is C32H54O5. The molecule has 3 aliphatic carbocycles. The summed E-state index contributed by atoms with van der Waals surface area (Å²) < 4.78 is 0. The van der Waals surface area contributed by atoms with Crippen molar-refractivity contribution in [2.45, 2.75) is 141 Å². The van der Waals surface area contributed by atoms with Crippen molar-refractivity contribution in [1.29, 1.82) is 0 Å². The molecule has 0 radical (unpaired) electrons. The monoisotopic (exact) mass is 518 g/mol. The van der Waals surface area contributed by atoms with Gasteiger partial charge in [0.1, 0.15) is 0 Å². The van der Waals surface area contributed by atoms with E-state index in [0.29, 0.717) is 37.0 Å². The van der Waals surface area contributed by atoms with Crippen molar-refractivity contribution in [3.63, 3.8) is 0 Å². The molecule has 7 atom stereocenters. The maximum absolute atomic E-state index is 10.6.